The molecular formula is C20H17F3N2O3. The first kappa shape index (κ1) is 19.5. The summed E-state index contributed by atoms with van der Waals surface area (Å²) in [5.41, 5.74) is 2.10. The molecule has 2 amide bonds. The van der Waals surface area contributed by atoms with Crippen molar-refractivity contribution in [3.8, 4) is 5.75 Å². The fourth-order valence-electron chi connectivity index (χ4n) is 3.04. The zero-order valence-corrected chi connectivity index (χ0v) is 14.9. The van der Waals surface area contributed by atoms with Crippen LogP contribution < -0.4 is 10.1 Å². The Morgan fingerprint density at radius 2 is 1.79 bits per heavy atom. The third kappa shape index (κ3) is 4.70. The Labute approximate surface area is 159 Å². The summed E-state index contributed by atoms with van der Waals surface area (Å²) in [5, 5.41) is 2.63. The summed E-state index contributed by atoms with van der Waals surface area (Å²) in [5.74, 6) is -0.942. The maximum Gasteiger partial charge on any atom is 0.573 e. The van der Waals surface area contributed by atoms with Crippen molar-refractivity contribution >= 4 is 23.6 Å². The molecule has 0 aliphatic carbocycles. The highest BCUT2D eigenvalue weighted by Gasteiger charge is 2.31. The van der Waals surface area contributed by atoms with Crippen molar-refractivity contribution < 1.29 is 27.5 Å². The summed E-state index contributed by atoms with van der Waals surface area (Å²) in [6.07, 6.45) is -1.32. The highest BCUT2D eigenvalue weighted by atomic mass is 19.4. The minimum atomic E-state index is -4.77. The van der Waals surface area contributed by atoms with Crippen LogP contribution in [0.1, 0.15) is 30.5 Å². The molecule has 1 N–H and O–H groups in total. The first-order valence-corrected chi connectivity index (χ1v) is 8.44. The van der Waals surface area contributed by atoms with Crippen LogP contribution in [0.25, 0.3) is 6.08 Å². The van der Waals surface area contributed by atoms with E-state index in [2.05, 4.69) is 10.1 Å². The minimum Gasteiger partial charge on any atom is -0.406 e. The average molecular weight is 390 g/mol. The van der Waals surface area contributed by atoms with E-state index in [1.807, 2.05) is 30.3 Å². The number of carbonyl (C=O) groups is 2. The number of halogens is 3. The van der Waals surface area contributed by atoms with E-state index in [0.717, 1.165) is 23.3 Å². The Hall–Kier alpha value is -3.29. The maximum absolute atomic E-state index is 12.5. The Bertz CT molecular complexity index is 908. The van der Waals surface area contributed by atoms with Crippen LogP contribution in [0.5, 0.6) is 5.75 Å². The third-order valence-corrected chi connectivity index (χ3v) is 4.22. The van der Waals surface area contributed by atoms with Crippen LogP contribution in [0.4, 0.5) is 18.9 Å². The number of rotatable bonds is 4. The Kier molecular flexibility index (Phi) is 5.39. The maximum atomic E-state index is 12.5. The lowest BCUT2D eigenvalue weighted by atomic mass is 9.93. The first-order valence-electron chi connectivity index (χ1n) is 8.44. The highest BCUT2D eigenvalue weighted by Crippen LogP contribution is 2.33. The number of alkyl halides is 3. The minimum absolute atomic E-state index is 0.00172. The molecule has 8 heteroatoms. The number of anilines is 1. The van der Waals surface area contributed by atoms with Crippen molar-refractivity contribution in [2.75, 3.05) is 5.32 Å². The number of benzene rings is 2. The first-order chi connectivity index (χ1) is 13.2. The molecule has 1 heterocycles. The van der Waals surface area contributed by atoms with Crippen molar-refractivity contribution in [1.82, 2.24) is 4.90 Å². The van der Waals surface area contributed by atoms with E-state index < -0.39 is 12.4 Å². The average Bonchev–Trinajstić information content (AvgIpc) is 2.62. The number of fused-ring (bicyclic) bond motifs is 1. The molecule has 2 aromatic rings. The molecule has 3 rings (SSSR count). The fourth-order valence-corrected chi connectivity index (χ4v) is 3.04. The number of nitrogens with zero attached hydrogens (tertiary/aromatic N) is 1. The van der Waals surface area contributed by atoms with Crippen LogP contribution in [-0.2, 0) is 9.59 Å². The predicted octanol–water partition coefficient (Wildman–Crippen LogP) is 4.49. The highest BCUT2D eigenvalue weighted by molar-refractivity contribution is 5.92. The van der Waals surface area contributed by atoms with Crippen LogP contribution in [0, 0.1) is 0 Å². The molecule has 1 aliphatic heterocycles. The van der Waals surface area contributed by atoms with E-state index in [1.165, 1.54) is 24.0 Å². The Balaban J connectivity index is 1.71. The molecule has 0 saturated carbocycles. The van der Waals surface area contributed by atoms with Gasteiger partial charge in [0.15, 0.2) is 0 Å². The molecule has 0 saturated heterocycles. The quantitative estimate of drug-likeness (QED) is 0.837. The zero-order valence-electron chi connectivity index (χ0n) is 14.9. The van der Waals surface area contributed by atoms with Gasteiger partial charge in [0.05, 0.1) is 12.5 Å². The zero-order chi connectivity index (χ0) is 20.3. The predicted molar refractivity (Wildman–Crippen MR) is 97.1 cm³/mol. The Morgan fingerprint density at radius 1 is 1.11 bits per heavy atom. The van der Waals surface area contributed by atoms with Gasteiger partial charge in [0.25, 0.3) is 0 Å². The largest absolute Gasteiger partial charge is 0.573 e. The van der Waals surface area contributed by atoms with Crippen LogP contribution in [-0.4, -0.2) is 23.1 Å². The molecule has 0 spiro atoms. The van der Waals surface area contributed by atoms with Crippen LogP contribution >= 0.6 is 0 Å². The van der Waals surface area contributed by atoms with Gasteiger partial charge in [-0.15, -0.1) is 13.2 Å². The van der Waals surface area contributed by atoms with Gasteiger partial charge < -0.3 is 15.0 Å². The third-order valence-electron chi connectivity index (χ3n) is 4.22. The molecule has 146 valence electrons. The molecule has 1 atom stereocenters. The number of hydrogen-bond donors (Lipinski definition) is 1. The molecule has 0 radical (unpaired) electrons. The van der Waals surface area contributed by atoms with E-state index in [1.54, 1.807) is 6.20 Å². The van der Waals surface area contributed by atoms with E-state index in [-0.39, 0.29) is 24.0 Å². The van der Waals surface area contributed by atoms with Gasteiger partial charge in [0.1, 0.15) is 5.75 Å². The number of ether oxygens (including phenoxy) is 1. The molecule has 0 aromatic heterocycles. The van der Waals surface area contributed by atoms with E-state index >= 15 is 0 Å². The Morgan fingerprint density at radius 3 is 2.43 bits per heavy atom. The summed E-state index contributed by atoms with van der Waals surface area (Å²) >= 11 is 0. The normalized spacial score (nSPS) is 15.7. The van der Waals surface area contributed by atoms with Gasteiger partial charge in [-0.3, -0.25) is 9.59 Å². The lowest BCUT2D eigenvalue weighted by Crippen LogP contribution is -2.33. The van der Waals surface area contributed by atoms with Crippen LogP contribution in [0.3, 0.4) is 0 Å². The molecule has 1 unspecified atom stereocenters. The molecule has 1 aliphatic rings. The number of carbonyl (C=O) groups excluding carboxylic acids is 2. The van der Waals surface area contributed by atoms with Crippen molar-refractivity contribution in [2.45, 2.75) is 25.7 Å². The summed E-state index contributed by atoms with van der Waals surface area (Å²) in [6.45, 7) is 1.42. The monoisotopic (exact) mass is 390 g/mol. The van der Waals surface area contributed by atoms with Crippen molar-refractivity contribution in [3.63, 3.8) is 0 Å². The van der Waals surface area contributed by atoms with E-state index in [4.69, 9.17) is 0 Å². The molecule has 28 heavy (non-hydrogen) atoms. The lowest BCUT2D eigenvalue weighted by Gasteiger charge is -2.32. The second-order valence-corrected chi connectivity index (χ2v) is 6.21. The number of nitrogens with one attached hydrogen (secondary N) is 1. The van der Waals surface area contributed by atoms with Crippen molar-refractivity contribution in [2.24, 2.45) is 0 Å². The van der Waals surface area contributed by atoms with Gasteiger partial charge in [-0.05, 0) is 41.5 Å². The molecule has 0 fully saturated rings. The summed E-state index contributed by atoms with van der Waals surface area (Å²) in [6, 6.07) is 11.9. The smallest absolute Gasteiger partial charge is 0.406 e. The van der Waals surface area contributed by atoms with Gasteiger partial charge in [-0.2, -0.15) is 0 Å². The molecular weight excluding hydrogens is 373 g/mol. The van der Waals surface area contributed by atoms with Gasteiger partial charge in [0, 0.05) is 18.8 Å². The van der Waals surface area contributed by atoms with Gasteiger partial charge >= 0.3 is 6.36 Å². The second kappa shape index (κ2) is 7.75. The SMILES string of the molecule is CC(=O)N1C=Cc2ccccc2C1CC(=O)Nc1ccc(OC(F)(F)F)cc1. The summed E-state index contributed by atoms with van der Waals surface area (Å²) in [4.78, 5) is 25.9. The topological polar surface area (TPSA) is 58.6 Å². The van der Waals surface area contributed by atoms with Gasteiger partial charge in [-0.25, -0.2) is 0 Å². The van der Waals surface area contributed by atoms with Crippen LogP contribution in [0.2, 0.25) is 0 Å². The molecule has 0 bridgehead atoms. The standard InChI is InChI=1S/C20H17F3N2O3/c1-13(26)25-11-10-14-4-2-3-5-17(14)18(25)12-19(27)24-15-6-8-16(9-7-15)28-20(21,22)23/h2-11,18H,12H2,1H3,(H,24,27). The summed E-state index contributed by atoms with van der Waals surface area (Å²) < 4.78 is 40.4. The number of hydrogen-bond acceptors (Lipinski definition) is 3. The van der Waals surface area contributed by atoms with E-state index in [0.29, 0.717) is 5.69 Å². The molecule has 5 nitrogen and oxygen atoms in total. The van der Waals surface area contributed by atoms with Crippen molar-refractivity contribution in [3.05, 3.63) is 65.9 Å². The lowest BCUT2D eigenvalue weighted by molar-refractivity contribution is -0.274. The van der Waals surface area contributed by atoms with Gasteiger partial charge in [0.2, 0.25) is 11.8 Å². The summed E-state index contributed by atoms with van der Waals surface area (Å²) in [7, 11) is 0. The molecule has 2 aromatic carbocycles. The van der Waals surface area contributed by atoms with Crippen LogP contribution in [0.15, 0.2) is 54.7 Å². The second-order valence-electron chi connectivity index (χ2n) is 6.21. The van der Waals surface area contributed by atoms with E-state index in [9.17, 15) is 22.8 Å². The number of amides is 2. The van der Waals surface area contributed by atoms with Crippen molar-refractivity contribution in [1.29, 1.82) is 0 Å². The fraction of sp³-hybridized carbons (Fsp3) is 0.200. The van der Waals surface area contributed by atoms with Gasteiger partial charge in [-0.1, -0.05) is 24.3 Å².